The van der Waals surface area contributed by atoms with E-state index in [1.54, 1.807) is 12.0 Å². The van der Waals surface area contributed by atoms with Crippen LogP contribution in [0.25, 0.3) is 0 Å². The maximum atomic E-state index is 12.5. The molecular formula is C21H24N2O3. The second-order valence-corrected chi connectivity index (χ2v) is 6.78. The molecule has 1 saturated heterocycles. The van der Waals surface area contributed by atoms with Crippen molar-refractivity contribution in [1.82, 2.24) is 5.32 Å². The van der Waals surface area contributed by atoms with Gasteiger partial charge in [0.2, 0.25) is 11.8 Å². The lowest BCUT2D eigenvalue weighted by Gasteiger charge is -2.20. The van der Waals surface area contributed by atoms with Gasteiger partial charge in [-0.1, -0.05) is 35.9 Å². The van der Waals surface area contributed by atoms with Gasteiger partial charge in [0.1, 0.15) is 5.75 Å². The molecule has 2 aromatic rings. The Morgan fingerprint density at radius 3 is 2.54 bits per heavy atom. The molecule has 1 aliphatic heterocycles. The summed E-state index contributed by atoms with van der Waals surface area (Å²) in [6, 6.07) is 13.7. The molecule has 1 heterocycles. The lowest BCUT2D eigenvalue weighted by atomic mass is 10.1. The van der Waals surface area contributed by atoms with Crippen LogP contribution in [0.5, 0.6) is 5.75 Å². The van der Waals surface area contributed by atoms with Crippen molar-refractivity contribution >= 4 is 17.5 Å². The van der Waals surface area contributed by atoms with Crippen LogP contribution >= 0.6 is 0 Å². The van der Waals surface area contributed by atoms with Gasteiger partial charge in [0.25, 0.3) is 0 Å². The van der Waals surface area contributed by atoms with E-state index in [1.165, 1.54) is 5.56 Å². The van der Waals surface area contributed by atoms with Gasteiger partial charge in [-0.15, -0.1) is 0 Å². The van der Waals surface area contributed by atoms with E-state index in [-0.39, 0.29) is 24.2 Å². The fraction of sp³-hybridized carbons (Fsp3) is 0.333. The summed E-state index contributed by atoms with van der Waals surface area (Å²) in [4.78, 5) is 26.6. The number of ether oxygens (including phenoxy) is 1. The molecule has 0 aromatic heterocycles. The minimum atomic E-state index is -0.349. The Bertz CT molecular complexity index is 815. The van der Waals surface area contributed by atoms with Crippen molar-refractivity contribution in [2.45, 2.75) is 26.8 Å². The van der Waals surface area contributed by atoms with Gasteiger partial charge in [0, 0.05) is 19.5 Å². The number of carbonyl (C=O) groups is 2. The average Bonchev–Trinajstić information content (AvgIpc) is 3.02. The van der Waals surface area contributed by atoms with Crippen LogP contribution in [0.15, 0.2) is 42.5 Å². The van der Waals surface area contributed by atoms with Crippen molar-refractivity contribution in [3.05, 3.63) is 59.2 Å². The zero-order valence-electron chi connectivity index (χ0n) is 15.4. The summed E-state index contributed by atoms with van der Waals surface area (Å²) in [5.41, 5.74) is 4.00. The number of rotatable bonds is 5. The fourth-order valence-corrected chi connectivity index (χ4v) is 3.17. The number of benzene rings is 2. The third kappa shape index (κ3) is 3.87. The Labute approximate surface area is 154 Å². The predicted molar refractivity (Wildman–Crippen MR) is 101 cm³/mol. The Balaban J connectivity index is 1.66. The van der Waals surface area contributed by atoms with E-state index in [0.29, 0.717) is 18.8 Å². The molecule has 0 aliphatic carbocycles. The van der Waals surface area contributed by atoms with Gasteiger partial charge in [-0.3, -0.25) is 9.59 Å². The molecule has 0 unspecified atom stereocenters. The summed E-state index contributed by atoms with van der Waals surface area (Å²) in [6.45, 7) is 4.84. The van der Waals surface area contributed by atoms with Crippen LogP contribution in [0.1, 0.15) is 23.1 Å². The first-order valence-corrected chi connectivity index (χ1v) is 8.76. The van der Waals surface area contributed by atoms with E-state index in [2.05, 4.69) is 5.32 Å². The number of carbonyl (C=O) groups excluding carboxylic acids is 2. The number of nitrogens with zero attached hydrogens (tertiary/aromatic N) is 1. The standard InChI is InChI=1S/C21H24N2O3/c1-14-4-7-16(8-5-14)12-22-21(25)17-11-20(24)23(13-17)18-10-15(2)6-9-19(18)26-3/h4-10,17H,11-13H2,1-3H3,(H,22,25)/t17-/m0/s1. The first kappa shape index (κ1) is 18.0. The molecule has 5 heteroatoms. The van der Waals surface area contributed by atoms with Crippen LogP contribution in [0.3, 0.4) is 0 Å². The number of amides is 2. The summed E-state index contributed by atoms with van der Waals surface area (Å²) in [5, 5.41) is 2.94. The number of hydrogen-bond donors (Lipinski definition) is 1. The van der Waals surface area contributed by atoms with Crippen molar-refractivity contribution in [3.63, 3.8) is 0 Å². The lowest BCUT2D eigenvalue weighted by Crippen LogP contribution is -2.32. The lowest BCUT2D eigenvalue weighted by molar-refractivity contribution is -0.126. The summed E-state index contributed by atoms with van der Waals surface area (Å²) in [6.07, 6.45) is 0.219. The molecule has 2 aromatic carbocycles. The first-order chi connectivity index (χ1) is 12.5. The van der Waals surface area contributed by atoms with E-state index in [9.17, 15) is 9.59 Å². The highest BCUT2D eigenvalue weighted by atomic mass is 16.5. The van der Waals surface area contributed by atoms with Crippen LogP contribution in [-0.4, -0.2) is 25.5 Å². The van der Waals surface area contributed by atoms with Crippen LogP contribution in [0, 0.1) is 19.8 Å². The third-order valence-corrected chi connectivity index (χ3v) is 4.71. The zero-order chi connectivity index (χ0) is 18.7. The Kier molecular flexibility index (Phi) is 5.26. The topological polar surface area (TPSA) is 58.6 Å². The Hall–Kier alpha value is -2.82. The SMILES string of the molecule is COc1ccc(C)cc1N1C[C@@H](C(=O)NCc2ccc(C)cc2)CC1=O. The fourth-order valence-electron chi connectivity index (χ4n) is 3.17. The van der Waals surface area contributed by atoms with Gasteiger partial charge >= 0.3 is 0 Å². The number of nitrogens with one attached hydrogen (secondary N) is 1. The second-order valence-electron chi connectivity index (χ2n) is 6.78. The van der Waals surface area contributed by atoms with Crippen molar-refractivity contribution in [2.24, 2.45) is 5.92 Å². The van der Waals surface area contributed by atoms with Crippen LogP contribution in [0.2, 0.25) is 0 Å². The van der Waals surface area contributed by atoms with Crippen molar-refractivity contribution in [3.8, 4) is 5.75 Å². The Morgan fingerprint density at radius 2 is 1.85 bits per heavy atom. The molecule has 1 aliphatic rings. The van der Waals surface area contributed by atoms with Crippen molar-refractivity contribution in [1.29, 1.82) is 0 Å². The molecule has 26 heavy (non-hydrogen) atoms. The number of anilines is 1. The van der Waals surface area contributed by atoms with Gasteiger partial charge in [-0.05, 0) is 37.1 Å². The normalized spacial score (nSPS) is 16.7. The smallest absolute Gasteiger partial charge is 0.227 e. The van der Waals surface area contributed by atoms with Crippen molar-refractivity contribution < 1.29 is 14.3 Å². The molecule has 0 radical (unpaired) electrons. The highest BCUT2D eigenvalue weighted by molar-refractivity contribution is 6.01. The van der Waals surface area contributed by atoms with Crippen LogP contribution < -0.4 is 15.0 Å². The zero-order valence-corrected chi connectivity index (χ0v) is 15.4. The van der Waals surface area contributed by atoms with Gasteiger partial charge < -0.3 is 15.0 Å². The van der Waals surface area contributed by atoms with Crippen LogP contribution in [-0.2, 0) is 16.1 Å². The summed E-state index contributed by atoms with van der Waals surface area (Å²) >= 11 is 0. The molecular weight excluding hydrogens is 328 g/mol. The quantitative estimate of drug-likeness (QED) is 0.900. The van der Waals surface area contributed by atoms with Crippen LogP contribution in [0.4, 0.5) is 5.69 Å². The molecule has 1 fully saturated rings. The first-order valence-electron chi connectivity index (χ1n) is 8.76. The van der Waals surface area contributed by atoms with E-state index in [1.807, 2.05) is 56.3 Å². The molecule has 0 saturated carbocycles. The molecule has 2 amide bonds. The van der Waals surface area contributed by atoms with Gasteiger partial charge in [-0.2, -0.15) is 0 Å². The van der Waals surface area contributed by atoms with E-state index in [4.69, 9.17) is 4.74 Å². The predicted octanol–water partition coefficient (Wildman–Crippen LogP) is 2.98. The van der Waals surface area contributed by atoms with Crippen molar-refractivity contribution in [2.75, 3.05) is 18.6 Å². The Morgan fingerprint density at radius 1 is 1.15 bits per heavy atom. The number of hydrogen-bond acceptors (Lipinski definition) is 3. The van der Waals surface area contributed by atoms with Gasteiger partial charge in [0.05, 0.1) is 18.7 Å². The third-order valence-electron chi connectivity index (χ3n) is 4.71. The molecule has 136 valence electrons. The largest absolute Gasteiger partial charge is 0.495 e. The maximum absolute atomic E-state index is 12.5. The molecule has 1 atom stereocenters. The molecule has 3 rings (SSSR count). The highest BCUT2D eigenvalue weighted by Crippen LogP contribution is 2.33. The molecule has 0 spiro atoms. The minimum absolute atomic E-state index is 0.0515. The summed E-state index contributed by atoms with van der Waals surface area (Å²) in [5.74, 6) is 0.153. The molecule has 5 nitrogen and oxygen atoms in total. The number of aryl methyl sites for hydroxylation is 2. The second kappa shape index (κ2) is 7.60. The van der Waals surface area contributed by atoms with E-state index >= 15 is 0 Å². The maximum Gasteiger partial charge on any atom is 0.227 e. The molecule has 0 bridgehead atoms. The van der Waals surface area contributed by atoms with E-state index in [0.717, 1.165) is 16.8 Å². The minimum Gasteiger partial charge on any atom is -0.495 e. The van der Waals surface area contributed by atoms with Gasteiger partial charge in [0.15, 0.2) is 0 Å². The van der Waals surface area contributed by atoms with Gasteiger partial charge in [-0.25, -0.2) is 0 Å². The van der Waals surface area contributed by atoms with E-state index < -0.39 is 0 Å². The molecule has 1 N–H and O–H groups in total. The monoisotopic (exact) mass is 352 g/mol. The summed E-state index contributed by atoms with van der Waals surface area (Å²) < 4.78 is 5.38. The average molecular weight is 352 g/mol. The summed E-state index contributed by atoms with van der Waals surface area (Å²) in [7, 11) is 1.58. The highest BCUT2D eigenvalue weighted by Gasteiger charge is 2.36. The number of methoxy groups -OCH3 is 1.